The summed E-state index contributed by atoms with van der Waals surface area (Å²) < 4.78 is 18.9. The second-order valence-electron chi connectivity index (χ2n) is 13.6. The molecule has 0 radical (unpaired) electrons. The van der Waals surface area contributed by atoms with Crippen LogP contribution in [0.1, 0.15) is 65.1 Å². The van der Waals surface area contributed by atoms with Crippen LogP contribution in [0.25, 0.3) is 11.1 Å². The van der Waals surface area contributed by atoms with Crippen LogP contribution in [0.15, 0.2) is 79.4 Å². The number of piperidine rings is 1. The monoisotopic (exact) mass is 784 g/mol. The van der Waals surface area contributed by atoms with E-state index in [1.165, 1.54) is 6.20 Å². The number of nitrogens with zero attached hydrogens (tertiary/aromatic N) is 4. The van der Waals surface area contributed by atoms with Crippen molar-refractivity contribution in [2.75, 3.05) is 32.8 Å². The Labute approximate surface area is 331 Å². The van der Waals surface area contributed by atoms with E-state index in [9.17, 15) is 10.4 Å². The van der Waals surface area contributed by atoms with Crippen LogP contribution >= 0.6 is 23.2 Å². The van der Waals surface area contributed by atoms with Gasteiger partial charge in [-0.2, -0.15) is 10.4 Å². The lowest BCUT2D eigenvalue weighted by atomic mass is 9.96. The van der Waals surface area contributed by atoms with Gasteiger partial charge < -0.3 is 29.7 Å². The maximum Gasteiger partial charge on any atom is 0.142 e. The number of nitrogens with one attached hydrogen (secondary N) is 2. The highest BCUT2D eigenvalue weighted by atomic mass is 35.5. The number of halogens is 2. The molecule has 2 aromatic heterocycles. The third-order valence-electron chi connectivity index (χ3n) is 9.75. The highest BCUT2D eigenvalue weighted by Gasteiger charge is 2.26. The molecule has 0 spiro atoms. The van der Waals surface area contributed by atoms with Gasteiger partial charge in [0.15, 0.2) is 0 Å². The molecule has 1 saturated heterocycles. The molecule has 13 heteroatoms. The first-order chi connectivity index (χ1) is 26.8. The maximum atomic E-state index is 9.49. The number of aromatic amines is 1. The summed E-state index contributed by atoms with van der Waals surface area (Å²) >= 11 is 13.9. The van der Waals surface area contributed by atoms with Gasteiger partial charge in [-0.05, 0) is 74.2 Å². The van der Waals surface area contributed by atoms with Crippen molar-refractivity contribution in [3.63, 3.8) is 0 Å². The van der Waals surface area contributed by atoms with Crippen LogP contribution in [0.2, 0.25) is 10.0 Å². The Morgan fingerprint density at radius 3 is 2.64 bits per heavy atom. The van der Waals surface area contributed by atoms with Crippen LogP contribution in [-0.2, 0) is 19.8 Å². The number of benzene rings is 3. The van der Waals surface area contributed by atoms with E-state index in [0.717, 1.165) is 64.8 Å². The standard InChI is InChI=1S/C42H46Cl2N6O5/c1-28-31(7-4-8-35(28)36-9-5-11-39(42(36)44)53-14-6-12-46-23-34(52)25-51)27-55-41-17-40(54-26-30-15-29(18-45)19-47-20-30)32(16-37(41)43)24-50-13-3-2-10-38(50)33-21-48-49-22-33/h4-5,7-9,11,15-17,19-22,34,38,46,51-52H,2-3,6,10,12-14,23-27H2,1H3,(H,48,49)/t34-,38?/m0/s1. The van der Waals surface area contributed by atoms with Crippen LogP contribution < -0.4 is 19.5 Å². The number of aromatic nitrogens is 3. The van der Waals surface area contributed by atoms with Gasteiger partial charge in [0.25, 0.3) is 0 Å². The molecule has 1 unspecified atom stereocenters. The first kappa shape index (κ1) is 40.0. The number of nitriles is 1. The molecule has 1 aliphatic heterocycles. The Bertz CT molecular complexity index is 2060. The van der Waals surface area contributed by atoms with E-state index in [0.29, 0.717) is 65.5 Å². The first-order valence-corrected chi connectivity index (χ1v) is 19.2. The molecular formula is C42H46Cl2N6O5. The number of H-pyrrole nitrogens is 1. The molecule has 2 atom stereocenters. The molecule has 0 bridgehead atoms. The van der Waals surface area contributed by atoms with E-state index in [4.69, 9.17) is 42.5 Å². The van der Waals surface area contributed by atoms with Crippen molar-refractivity contribution in [1.82, 2.24) is 25.4 Å². The van der Waals surface area contributed by atoms with E-state index < -0.39 is 6.10 Å². The molecule has 0 aliphatic carbocycles. The Hall–Kier alpha value is -4.67. The Morgan fingerprint density at radius 2 is 1.82 bits per heavy atom. The molecule has 6 rings (SSSR count). The quantitative estimate of drug-likeness (QED) is 0.0657. The molecule has 55 heavy (non-hydrogen) atoms. The molecule has 288 valence electrons. The lowest BCUT2D eigenvalue weighted by Gasteiger charge is -2.35. The summed E-state index contributed by atoms with van der Waals surface area (Å²) in [4.78, 5) is 6.64. The Kier molecular flexibility index (Phi) is 14.4. The molecule has 4 N–H and O–H groups in total. The minimum Gasteiger partial charge on any atom is -0.492 e. The van der Waals surface area contributed by atoms with E-state index in [-0.39, 0.29) is 25.9 Å². The molecule has 11 nitrogen and oxygen atoms in total. The molecule has 0 amide bonds. The van der Waals surface area contributed by atoms with Gasteiger partial charge in [-0.1, -0.05) is 60.0 Å². The minimum absolute atomic E-state index is 0.220. The van der Waals surface area contributed by atoms with Gasteiger partial charge in [-0.15, -0.1) is 0 Å². The van der Waals surface area contributed by atoms with E-state index in [1.54, 1.807) is 12.3 Å². The number of aliphatic hydroxyl groups is 2. The third-order valence-corrected chi connectivity index (χ3v) is 10.4. The average molecular weight is 786 g/mol. The fourth-order valence-corrected chi connectivity index (χ4v) is 7.31. The zero-order valence-corrected chi connectivity index (χ0v) is 32.3. The normalized spacial score (nSPS) is 15.0. The van der Waals surface area contributed by atoms with Gasteiger partial charge in [-0.3, -0.25) is 15.0 Å². The lowest BCUT2D eigenvalue weighted by molar-refractivity contribution is 0.0942. The topological polar surface area (TPSA) is 149 Å². The van der Waals surface area contributed by atoms with Crippen molar-refractivity contribution >= 4 is 23.2 Å². The van der Waals surface area contributed by atoms with Crippen molar-refractivity contribution < 1.29 is 24.4 Å². The average Bonchev–Trinajstić information content (AvgIpc) is 3.75. The van der Waals surface area contributed by atoms with Crippen molar-refractivity contribution in [3.8, 4) is 34.4 Å². The SMILES string of the molecule is Cc1c(COc2cc(OCc3cncc(C#N)c3)c(CN3CCCCC3c3cn[nH]c3)cc2Cl)cccc1-c1cccc(OCCCNC[C@H](O)CO)c1Cl. The summed E-state index contributed by atoms with van der Waals surface area (Å²) in [5, 5.41) is 39.1. The van der Waals surface area contributed by atoms with Crippen LogP contribution in [0.4, 0.5) is 0 Å². The van der Waals surface area contributed by atoms with Crippen LogP contribution in [0.3, 0.4) is 0 Å². The van der Waals surface area contributed by atoms with Crippen molar-refractivity contribution in [2.45, 2.75) is 64.5 Å². The summed E-state index contributed by atoms with van der Waals surface area (Å²) in [6, 6.07) is 19.7. The van der Waals surface area contributed by atoms with Crippen LogP contribution in [0.5, 0.6) is 17.2 Å². The summed E-state index contributed by atoms with van der Waals surface area (Å²) in [7, 11) is 0. The third kappa shape index (κ3) is 10.6. The smallest absolute Gasteiger partial charge is 0.142 e. The molecule has 5 aromatic rings. The fourth-order valence-electron chi connectivity index (χ4n) is 6.78. The first-order valence-electron chi connectivity index (χ1n) is 18.5. The number of hydrogen-bond acceptors (Lipinski definition) is 10. The van der Waals surface area contributed by atoms with Crippen LogP contribution in [0, 0.1) is 18.3 Å². The largest absolute Gasteiger partial charge is 0.492 e. The molecule has 1 aliphatic rings. The predicted octanol–water partition coefficient (Wildman–Crippen LogP) is 7.56. The number of hydrogen-bond donors (Lipinski definition) is 4. The zero-order valence-electron chi connectivity index (χ0n) is 30.8. The van der Waals surface area contributed by atoms with E-state index in [2.05, 4.69) is 31.5 Å². The van der Waals surface area contributed by atoms with Crippen molar-refractivity contribution in [2.24, 2.45) is 0 Å². The molecule has 3 heterocycles. The minimum atomic E-state index is -0.777. The predicted molar refractivity (Wildman–Crippen MR) is 212 cm³/mol. The van der Waals surface area contributed by atoms with Gasteiger partial charge in [0, 0.05) is 66.0 Å². The highest BCUT2D eigenvalue weighted by molar-refractivity contribution is 6.35. The Morgan fingerprint density at radius 1 is 0.982 bits per heavy atom. The van der Waals surface area contributed by atoms with Crippen LogP contribution in [-0.4, -0.2) is 69.2 Å². The summed E-state index contributed by atoms with van der Waals surface area (Å²) in [6.07, 6.45) is 10.3. The number of likely N-dealkylation sites (tertiary alicyclic amines) is 1. The number of pyridine rings is 1. The second kappa shape index (κ2) is 19.8. The zero-order chi connectivity index (χ0) is 38.6. The Balaban J connectivity index is 1.19. The number of ether oxygens (including phenoxy) is 3. The van der Waals surface area contributed by atoms with Gasteiger partial charge in [0.05, 0.1) is 41.1 Å². The number of rotatable bonds is 18. The number of aliphatic hydroxyl groups excluding tert-OH is 2. The summed E-state index contributed by atoms with van der Waals surface area (Å²) in [6.45, 7) is 5.20. The summed E-state index contributed by atoms with van der Waals surface area (Å²) in [5.41, 5.74) is 7.13. The fraction of sp³-hybridized carbons (Fsp3) is 0.357. The molecule has 1 fully saturated rings. The van der Waals surface area contributed by atoms with Crippen molar-refractivity contribution in [3.05, 3.63) is 123 Å². The van der Waals surface area contributed by atoms with E-state index in [1.807, 2.05) is 67.8 Å². The maximum absolute atomic E-state index is 9.49. The highest BCUT2D eigenvalue weighted by Crippen LogP contribution is 2.40. The molecule has 3 aromatic carbocycles. The van der Waals surface area contributed by atoms with Gasteiger partial charge >= 0.3 is 0 Å². The summed E-state index contributed by atoms with van der Waals surface area (Å²) in [5.74, 6) is 1.73. The van der Waals surface area contributed by atoms with E-state index >= 15 is 0 Å². The lowest BCUT2D eigenvalue weighted by Crippen LogP contribution is -2.32. The van der Waals surface area contributed by atoms with Gasteiger partial charge in [-0.25, -0.2) is 0 Å². The van der Waals surface area contributed by atoms with Gasteiger partial charge in [0.2, 0.25) is 0 Å². The van der Waals surface area contributed by atoms with Gasteiger partial charge in [0.1, 0.15) is 36.5 Å². The second-order valence-corrected chi connectivity index (χ2v) is 14.4. The molecular weight excluding hydrogens is 739 g/mol. The molecule has 0 saturated carbocycles. The van der Waals surface area contributed by atoms with Crippen molar-refractivity contribution in [1.29, 1.82) is 5.26 Å².